The molecule has 0 atom stereocenters. The van der Waals surface area contributed by atoms with E-state index in [1.54, 1.807) is 12.3 Å². The van der Waals surface area contributed by atoms with Gasteiger partial charge < -0.3 is 20.2 Å². The number of carboxylic acids is 1. The van der Waals surface area contributed by atoms with Gasteiger partial charge >= 0.3 is 5.97 Å². The van der Waals surface area contributed by atoms with Gasteiger partial charge in [0.25, 0.3) is 5.91 Å². The van der Waals surface area contributed by atoms with E-state index in [0.29, 0.717) is 28.0 Å². The molecule has 2 N–H and O–H groups in total. The van der Waals surface area contributed by atoms with Gasteiger partial charge in [-0.05, 0) is 142 Å². The zero-order valence-electron chi connectivity index (χ0n) is 28.8. The first-order chi connectivity index (χ1) is 22.4. The fourth-order valence-corrected chi connectivity index (χ4v) is 8.12. The number of hydrogen-bond donors (Lipinski definition) is 2. The van der Waals surface area contributed by atoms with Crippen LogP contribution in [-0.2, 0) is 11.2 Å². The summed E-state index contributed by atoms with van der Waals surface area (Å²) in [5, 5.41) is 13.4. The Morgan fingerprint density at radius 2 is 1.70 bits per heavy atom. The van der Waals surface area contributed by atoms with Crippen LogP contribution in [0.25, 0.3) is 0 Å². The van der Waals surface area contributed by atoms with Gasteiger partial charge in [0.05, 0.1) is 10.6 Å². The van der Waals surface area contributed by atoms with Gasteiger partial charge in [0.1, 0.15) is 4.88 Å². The lowest BCUT2D eigenvalue weighted by Crippen LogP contribution is -2.46. The second-order valence-corrected chi connectivity index (χ2v) is 16.3. The Hall–Kier alpha value is -3.22. The van der Waals surface area contributed by atoms with E-state index in [4.69, 9.17) is 0 Å². The van der Waals surface area contributed by atoms with Crippen molar-refractivity contribution in [2.45, 2.75) is 110 Å². The number of hydrogen-bond acceptors (Lipinski definition) is 6. The number of pyridine rings is 1. The van der Waals surface area contributed by atoms with Crippen molar-refractivity contribution in [2.24, 2.45) is 23.2 Å². The molecule has 2 amide bonds. The Morgan fingerprint density at radius 3 is 2.34 bits per heavy atom. The average Bonchev–Trinajstić information content (AvgIpc) is 3.46. The Morgan fingerprint density at radius 1 is 1.02 bits per heavy atom. The Kier molecular flexibility index (Phi) is 11.5. The first-order valence-corrected chi connectivity index (χ1v) is 18.4. The maximum atomic E-state index is 14.3. The van der Waals surface area contributed by atoms with E-state index in [9.17, 15) is 19.5 Å². The van der Waals surface area contributed by atoms with Crippen LogP contribution in [0.1, 0.15) is 123 Å². The molecule has 3 fully saturated rings. The highest BCUT2D eigenvalue weighted by Gasteiger charge is 2.37. The fourth-order valence-electron chi connectivity index (χ4n) is 7.28. The lowest BCUT2D eigenvalue weighted by molar-refractivity contribution is -0.124. The van der Waals surface area contributed by atoms with Gasteiger partial charge in [-0.1, -0.05) is 18.8 Å². The van der Waals surface area contributed by atoms with Crippen molar-refractivity contribution in [3.05, 3.63) is 45.4 Å². The van der Waals surface area contributed by atoms with E-state index < -0.39 is 5.97 Å². The van der Waals surface area contributed by atoms with Crippen molar-refractivity contribution in [2.75, 3.05) is 25.0 Å². The molecule has 2 saturated carbocycles. The summed E-state index contributed by atoms with van der Waals surface area (Å²) >= 11 is 1.17. The quantitative estimate of drug-likeness (QED) is 0.295. The smallest absolute Gasteiger partial charge is 0.348 e. The second kappa shape index (κ2) is 15.3. The van der Waals surface area contributed by atoms with Gasteiger partial charge in [0, 0.05) is 40.9 Å². The predicted octanol–water partition coefficient (Wildman–Crippen LogP) is 7.02. The minimum absolute atomic E-state index is 0.0327. The number of thiophene rings is 1. The van der Waals surface area contributed by atoms with Crippen molar-refractivity contribution >= 4 is 34.8 Å². The lowest BCUT2D eigenvalue weighted by atomic mass is 9.80. The molecule has 3 heterocycles. The summed E-state index contributed by atoms with van der Waals surface area (Å²) in [6, 6.07) is 5.71. The molecule has 0 aromatic carbocycles. The monoisotopic (exact) mass is 660 g/mol. The van der Waals surface area contributed by atoms with Crippen LogP contribution in [0.2, 0.25) is 0 Å². The van der Waals surface area contributed by atoms with Gasteiger partial charge in [0.15, 0.2) is 0 Å². The van der Waals surface area contributed by atoms with Gasteiger partial charge in [-0.25, -0.2) is 4.79 Å². The van der Waals surface area contributed by atoms with Crippen LogP contribution in [0.4, 0.5) is 5.69 Å². The molecule has 8 nitrogen and oxygen atoms in total. The molecule has 2 aliphatic carbocycles. The Bertz CT molecular complexity index is 1480. The van der Waals surface area contributed by atoms with Crippen LogP contribution in [0.5, 0.6) is 0 Å². The molecule has 0 bridgehead atoms. The number of piperidine rings is 1. The molecule has 3 aliphatic rings. The number of nitrogens with one attached hydrogen (secondary N) is 1. The minimum atomic E-state index is -1.01. The topological polar surface area (TPSA) is 103 Å². The van der Waals surface area contributed by atoms with Crippen LogP contribution in [0.3, 0.4) is 0 Å². The zero-order chi connectivity index (χ0) is 33.7. The van der Waals surface area contributed by atoms with Crippen molar-refractivity contribution in [1.82, 2.24) is 15.2 Å². The molecule has 0 radical (unpaired) electrons. The first-order valence-electron chi connectivity index (χ1n) is 17.5. The molecule has 1 saturated heterocycles. The normalized spacial score (nSPS) is 24.2. The Labute approximate surface area is 284 Å². The molecule has 254 valence electrons. The lowest BCUT2D eigenvalue weighted by Gasteiger charge is -2.39. The van der Waals surface area contributed by atoms with Crippen molar-refractivity contribution < 1.29 is 19.5 Å². The van der Waals surface area contributed by atoms with Gasteiger partial charge in [-0.15, -0.1) is 11.3 Å². The number of aromatic nitrogens is 1. The maximum absolute atomic E-state index is 14.3. The Balaban J connectivity index is 1.30. The number of amides is 2. The summed E-state index contributed by atoms with van der Waals surface area (Å²) in [6.07, 6.45) is 11.6. The highest BCUT2D eigenvalue weighted by molar-refractivity contribution is 7.15. The molecular formula is C38H52N4O4S. The van der Waals surface area contributed by atoms with E-state index in [1.807, 2.05) is 37.8 Å². The summed E-state index contributed by atoms with van der Waals surface area (Å²) in [6.45, 7) is 10.3. The van der Waals surface area contributed by atoms with Crippen molar-refractivity contribution in [1.29, 1.82) is 0 Å². The van der Waals surface area contributed by atoms with Crippen molar-refractivity contribution in [3.8, 4) is 11.8 Å². The van der Waals surface area contributed by atoms with Crippen LogP contribution < -0.4 is 10.2 Å². The molecular weight excluding hydrogens is 609 g/mol. The summed E-state index contributed by atoms with van der Waals surface area (Å²) in [5.74, 6) is 6.35. The van der Waals surface area contributed by atoms with E-state index in [2.05, 4.69) is 41.0 Å². The molecule has 47 heavy (non-hydrogen) atoms. The third-order valence-corrected chi connectivity index (χ3v) is 11.2. The van der Waals surface area contributed by atoms with E-state index in [-0.39, 0.29) is 40.1 Å². The number of nitrogens with zero attached hydrogens (tertiary/aromatic N) is 3. The third kappa shape index (κ3) is 9.45. The molecule has 2 aromatic rings. The SMILES string of the molecule is CC1CCC(C(=O)N(c2cc(C#CC(C)(C)C)sc2C(=O)O)[C@H]2CC[C@H](Cc3cc(C(=O)NC4CCN(C)CC4)ccn3)CC2)CC1. The predicted molar refractivity (Wildman–Crippen MR) is 188 cm³/mol. The number of aromatic carboxylic acids is 1. The number of anilines is 1. The molecule has 1 aliphatic heterocycles. The highest BCUT2D eigenvalue weighted by Crippen LogP contribution is 2.40. The molecule has 0 unspecified atom stereocenters. The van der Waals surface area contributed by atoms with Gasteiger partial charge in [0.2, 0.25) is 5.91 Å². The average molecular weight is 661 g/mol. The standard InChI is InChI=1S/C38H52N4O4S/c1-25-6-10-27(11-7-25)36(44)42(33-24-32(14-18-38(2,3)4)47-34(33)37(45)46)31-12-8-26(9-13-31)22-30-23-28(15-19-39-30)35(43)40-29-16-20-41(5)21-17-29/h15,19,23-27,29,31H,6-13,16-17,20-22H2,1-5H3,(H,40,43)(H,45,46)/t25?,26-,27?,31-. The van der Waals surface area contributed by atoms with Crippen LogP contribution in [0, 0.1) is 35.0 Å². The van der Waals surface area contributed by atoms with Crippen LogP contribution >= 0.6 is 11.3 Å². The number of carbonyl (C=O) groups excluding carboxylic acids is 2. The number of likely N-dealkylation sites (tertiary alicyclic amines) is 1. The van der Waals surface area contributed by atoms with Crippen LogP contribution in [0.15, 0.2) is 24.4 Å². The molecule has 9 heteroatoms. The largest absolute Gasteiger partial charge is 0.477 e. The van der Waals surface area contributed by atoms with Crippen molar-refractivity contribution in [3.63, 3.8) is 0 Å². The maximum Gasteiger partial charge on any atom is 0.348 e. The number of carboxylic acid groups (broad SMARTS) is 1. The summed E-state index contributed by atoms with van der Waals surface area (Å²) in [4.78, 5) is 49.5. The molecule has 0 spiro atoms. The minimum Gasteiger partial charge on any atom is -0.477 e. The highest BCUT2D eigenvalue weighted by atomic mass is 32.1. The summed E-state index contributed by atoms with van der Waals surface area (Å²) in [7, 11) is 2.11. The fraction of sp³-hybridized carbons (Fsp3) is 0.632. The van der Waals surface area contributed by atoms with E-state index >= 15 is 0 Å². The van der Waals surface area contributed by atoms with E-state index in [1.165, 1.54) is 11.3 Å². The van der Waals surface area contributed by atoms with E-state index in [0.717, 1.165) is 89.4 Å². The summed E-state index contributed by atoms with van der Waals surface area (Å²) in [5.41, 5.74) is 1.87. The molecule has 5 rings (SSSR count). The zero-order valence-corrected chi connectivity index (χ0v) is 29.6. The second-order valence-electron chi connectivity index (χ2n) is 15.3. The first kappa shape index (κ1) is 35.1. The molecule has 2 aromatic heterocycles. The number of carbonyl (C=O) groups is 3. The van der Waals surface area contributed by atoms with Crippen LogP contribution in [-0.4, -0.2) is 65.0 Å². The third-order valence-electron chi connectivity index (χ3n) is 10.1. The number of rotatable bonds is 8. The van der Waals surface area contributed by atoms with Gasteiger partial charge in [-0.2, -0.15) is 0 Å². The van der Waals surface area contributed by atoms with Gasteiger partial charge in [-0.3, -0.25) is 14.6 Å². The summed E-state index contributed by atoms with van der Waals surface area (Å²) < 4.78 is 0.